The molecule has 0 fully saturated rings. The summed E-state index contributed by atoms with van der Waals surface area (Å²) in [6, 6.07) is 4.65. The molecule has 0 spiro atoms. The number of carboxylic acids is 1. The number of urea groups is 1. The van der Waals surface area contributed by atoms with Gasteiger partial charge in [0.15, 0.2) is 0 Å². The topological polar surface area (TPSA) is 91.3 Å². The zero-order valence-electron chi connectivity index (χ0n) is 10.8. The van der Waals surface area contributed by atoms with Crippen LogP contribution in [0.15, 0.2) is 30.6 Å². The van der Waals surface area contributed by atoms with E-state index in [-0.39, 0.29) is 5.56 Å². The normalized spacial score (nSPS) is 10.1. The van der Waals surface area contributed by atoms with Gasteiger partial charge in [0.2, 0.25) is 0 Å². The molecule has 2 amide bonds. The van der Waals surface area contributed by atoms with Crippen LogP contribution in [0.25, 0.3) is 0 Å². The van der Waals surface area contributed by atoms with E-state index in [1.54, 1.807) is 0 Å². The molecule has 3 N–H and O–H groups in total. The molecule has 2 aromatic rings. The summed E-state index contributed by atoms with van der Waals surface area (Å²) in [5.74, 6) is -1.10. The van der Waals surface area contributed by atoms with E-state index in [0.717, 1.165) is 4.88 Å². The van der Waals surface area contributed by atoms with Gasteiger partial charge < -0.3 is 15.7 Å². The smallest absolute Gasteiger partial charge is 0.337 e. The molecule has 0 radical (unpaired) electrons. The van der Waals surface area contributed by atoms with E-state index in [2.05, 4.69) is 15.6 Å². The van der Waals surface area contributed by atoms with Crippen LogP contribution in [0, 0.1) is 0 Å². The van der Waals surface area contributed by atoms with Crippen molar-refractivity contribution in [2.45, 2.75) is 6.42 Å². The fraction of sp³-hybridized carbons (Fsp3) is 0.154. The summed E-state index contributed by atoms with van der Waals surface area (Å²) in [7, 11) is 0. The van der Waals surface area contributed by atoms with Crippen molar-refractivity contribution < 1.29 is 14.7 Å². The van der Waals surface area contributed by atoms with Crippen molar-refractivity contribution in [3.05, 3.63) is 45.4 Å². The molecule has 0 saturated carbocycles. The zero-order valence-corrected chi connectivity index (χ0v) is 12.4. The molecule has 6 nitrogen and oxygen atoms in total. The van der Waals surface area contributed by atoms with E-state index < -0.39 is 12.0 Å². The van der Waals surface area contributed by atoms with Gasteiger partial charge in [-0.25, -0.2) is 9.59 Å². The van der Waals surface area contributed by atoms with Crippen LogP contribution >= 0.6 is 22.9 Å². The van der Waals surface area contributed by atoms with Gasteiger partial charge >= 0.3 is 12.0 Å². The Morgan fingerprint density at radius 2 is 2.14 bits per heavy atom. The van der Waals surface area contributed by atoms with Crippen LogP contribution in [-0.2, 0) is 6.42 Å². The highest BCUT2D eigenvalue weighted by atomic mass is 35.5. The number of hydrogen-bond donors (Lipinski definition) is 3. The summed E-state index contributed by atoms with van der Waals surface area (Å²) in [6.45, 7) is 0.453. The van der Waals surface area contributed by atoms with Crippen LogP contribution in [0.4, 0.5) is 10.5 Å². The first-order valence-corrected chi connectivity index (χ1v) is 7.21. The third-order valence-corrected chi connectivity index (χ3v) is 3.82. The Balaban J connectivity index is 1.81. The molecule has 0 atom stereocenters. The highest BCUT2D eigenvalue weighted by Crippen LogP contribution is 2.21. The lowest BCUT2D eigenvalue weighted by molar-refractivity contribution is 0.0696. The number of hydrogen-bond acceptors (Lipinski definition) is 4. The molecule has 0 aliphatic heterocycles. The van der Waals surface area contributed by atoms with Crippen LogP contribution in [0.1, 0.15) is 15.2 Å². The second-order valence-electron chi connectivity index (χ2n) is 4.10. The molecule has 0 aliphatic rings. The van der Waals surface area contributed by atoms with E-state index in [9.17, 15) is 9.59 Å². The largest absolute Gasteiger partial charge is 0.478 e. The first-order chi connectivity index (χ1) is 10.0. The van der Waals surface area contributed by atoms with Crippen molar-refractivity contribution in [1.82, 2.24) is 10.3 Å². The molecule has 21 heavy (non-hydrogen) atoms. The summed E-state index contributed by atoms with van der Waals surface area (Å²) in [6.07, 6.45) is 3.27. The van der Waals surface area contributed by atoms with Crippen molar-refractivity contribution in [2.24, 2.45) is 0 Å². The fourth-order valence-corrected chi connectivity index (χ4v) is 2.67. The molecule has 2 heterocycles. The summed E-state index contributed by atoms with van der Waals surface area (Å²) in [5, 5.41) is 14.0. The van der Waals surface area contributed by atoms with Gasteiger partial charge in [-0.15, -0.1) is 11.3 Å². The third-order valence-electron chi connectivity index (χ3n) is 2.53. The Morgan fingerprint density at radius 1 is 1.33 bits per heavy atom. The predicted molar refractivity (Wildman–Crippen MR) is 81.3 cm³/mol. The SMILES string of the molecule is O=C(NCCc1ccc(Cl)s1)Nc1cncc(C(=O)O)c1. The van der Waals surface area contributed by atoms with Gasteiger partial charge in [0, 0.05) is 17.6 Å². The summed E-state index contributed by atoms with van der Waals surface area (Å²) >= 11 is 7.28. The summed E-state index contributed by atoms with van der Waals surface area (Å²) in [5.41, 5.74) is 0.340. The van der Waals surface area contributed by atoms with Crippen LogP contribution in [0.5, 0.6) is 0 Å². The average molecular weight is 326 g/mol. The highest BCUT2D eigenvalue weighted by Gasteiger charge is 2.07. The van der Waals surface area contributed by atoms with Crippen molar-refractivity contribution in [1.29, 1.82) is 0 Å². The maximum atomic E-state index is 11.7. The van der Waals surface area contributed by atoms with E-state index >= 15 is 0 Å². The molecule has 2 rings (SSSR count). The minimum Gasteiger partial charge on any atom is -0.478 e. The molecule has 0 aromatic carbocycles. The molecule has 0 saturated heterocycles. The monoisotopic (exact) mass is 325 g/mol. The number of pyridine rings is 1. The molecule has 0 bridgehead atoms. The van der Waals surface area contributed by atoms with E-state index in [0.29, 0.717) is 23.0 Å². The number of nitrogens with one attached hydrogen (secondary N) is 2. The Labute approximate surface area is 129 Å². The van der Waals surface area contributed by atoms with Crippen molar-refractivity contribution in [2.75, 3.05) is 11.9 Å². The first-order valence-electron chi connectivity index (χ1n) is 6.02. The standard InChI is InChI=1S/C13H12ClN3O3S/c14-11-2-1-10(21-11)3-4-16-13(20)17-9-5-8(12(18)19)6-15-7-9/h1-2,5-7H,3-4H2,(H,18,19)(H2,16,17,20). The molecule has 0 aliphatic carbocycles. The maximum absolute atomic E-state index is 11.7. The van der Waals surface area contributed by atoms with E-state index in [1.165, 1.54) is 29.8 Å². The van der Waals surface area contributed by atoms with Gasteiger partial charge in [0.25, 0.3) is 0 Å². The van der Waals surface area contributed by atoms with E-state index in [1.807, 2.05) is 12.1 Å². The number of aromatic carboxylic acids is 1. The number of carboxylic acid groups (broad SMARTS) is 1. The van der Waals surface area contributed by atoms with Crippen molar-refractivity contribution >= 4 is 40.6 Å². The van der Waals surface area contributed by atoms with Crippen LogP contribution in [-0.4, -0.2) is 28.6 Å². The predicted octanol–water partition coefficient (Wildman–Crippen LogP) is 2.86. The lowest BCUT2D eigenvalue weighted by atomic mass is 10.2. The van der Waals surface area contributed by atoms with Crippen LogP contribution in [0.2, 0.25) is 4.34 Å². The number of anilines is 1. The molecule has 110 valence electrons. The average Bonchev–Trinajstić information content (AvgIpc) is 2.84. The maximum Gasteiger partial charge on any atom is 0.337 e. The lowest BCUT2D eigenvalue weighted by Crippen LogP contribution is -2.30. The number of amides is 2. The number of thiophene rings is 1. The van der Waals surface area contributed by atoms with Crippen LogP contribution in [0.3, 0.4) is 0 Å². The van der Waals surface area contributed by atoms with Gasteiger partial charge in [-0.05, 0) is 24.6 Å². The Hall–Kier alpha value is -2.12. The summed E-state index contributed by atoms with van der Waals surface area (Å²) < 4.78 is 0.714. The number of carbonyl (C=O) groups excluding carboxylic acids is 1. The van der Waals surface area contributed by atoms with Crippen molar-refractivity contribution in [3.8, 4) is 0 Å². The molecule has 8 heteroatoms. The third kappa shape index (κ3) is 4.73. The number of rotatable bonds is 5. The molecular weight excluding hydrogens is 314 g/mol. The number of carbonyl (C=O) groups is 2. The lowest BCUT2D eigenvalue weighted by Gasteiger charge is -2.07. The minimum absolute atomic E-state index is 0.0148. The Kier molecular flexibility index (Phi) is 5.13. The van der Waals surface area contributed by atoms with Crippen LogP contribution < -0.4 is 10.6 Å². The van der Waals surface area contributed by atoms with Gasteiger partial charge in [-0.2, -0.15) is 0 Å². The Bertz CT molecular complexity index is 660. The number of nitrogens with zero attached hydrogens (tertiary/aromatic N) is 1. The Morgan fingerprint density at radius 3 is 2.81 bits per heavy atom. The quantitative estimate of drug-likeness (QED) is 0.788. The molecular formula is C13H12ClN3O3S. The van der Waals surface area contributed by atoms with Gasteiger partial charge in [-0.3, -0.25) is 4.98 Å². The van der Waals surface area contributed by atoms with E-state index in [4.69, 9.17) is 16.7 Å². The first kappa shape index (κ1) is 15.3. The second kappa shape index (κ2) is 7.05. The second-order valence-corrected chi connectivity index (χ2v) is 5.90. The zero-order chi connectivity index (χ0) is 15.2. The summed E-state index contributed by atoms with van der Waals surface area (Å²) in [4.78, 5) is 27.3. The van der Waals surface area contributed by atoms with Gasteiger partial charge in [0.05, 0.1) is 21.8 Å². The molecule has 0 unspecified atom stereocenters. The van der Waals surface area contributed by atoms with Gasteiger partial charge in [0.1, 0.15) is 0 Å². The number of aromatic nitrogens is 1. The fourth-order valence-electron chi connectivity index (χ4n) is 1.59. The number of halogens is 1. The highest BCUT2D eigenvalue weighted by molar-refractivity contribution is 7.16. The van der Waals surface area contributed by atoms with Gasteiger partial charge in [-0.1, -0.05) is 11.6 Å². The molecule has 2 aromatic heterocycles. The minimum atomic E-state index is -1.10. The van der Waals surface area contributed by atoms with Crippen molar-refractivity contribution in [3.63, 3.8) is 0 Å².